The van der Waals surface area contributed by atoms with Crippen molar-refractivity contribution in [2.45, 2.75) is 78.2 Å². The molecule has 1 fully saturated rings. The highest BCUT2D eigenvalue weighted by Gasteiger charge is 2.57. The van der Waals surface area contributed by atoms with Gasteiger partial charge in [-0.1, -0.05) is 51.2 Å². The summed E-state index contributed by atoms with van der Waals surface area (Å²) in [5.41, 5.74) is 1.82. The molecule has 152 valence electrons. The van der Waals surface area contributed by atoms with Crippen LogP contribution in [0, 0.1) is 41.4 Å². The van der Waals surface area contributed by atoms with Gasteiger partial charge in [0.1, 0.15) is 5.60 Å². The Bertz CT molecular complexity index is 594. The Hall–Kier alpha value is -1.04. The number of hydrogen-bond donors (Lipinski definition) is 1. The van der Waals surface area contributed by atoms with Crippen LogP contribution in [0.5, 0.6) is 0 Å². The minimum atomic E-state index is -1.08. The number of fused-ring (bicyclic) bond motifs is 1. The van der Waals surface area contributed by atoms with Gasteiger partial charge in [-0.25, -0.2) is 0 Å². The third kappa shape index (κ3) is 3.92. The molecule has 0 aliphatic heterocycles. The van der Waals surface area contributed by atoms with Crippen LogP contribution in [-0.2, 0) is 4.74 Å². The van der Waals surface area contributed by atoms with Crippen molar-refractivity contribution in [3.8, 4) is 12.3 Å². The van der Waals surface area contributed by atoms with Crippen molar-refractivity contribution in [3.05, 3.63) is 23.8 Å². The molecule has 0 amide bonds. The highest BCUT2D eigenvalue weighted by molar-refractivity contribution is 5.28. The molecule has 2 nitrogen and oxygen atoms in total. The van der Waals surface area contributed by atoms with Crippen LogP contribution in [0.4, 0.5) is 0 Å². The van der Waals surface area contributed by atoms with Gasteiger partial charge in [0.2, 0.25) is 0 Å². The zero-order chi connectivity index (χ0) is 20.2. The minimum Gasteiger partial charge on any atom is -0.380 e. The van der Waals surface area contributed by atoms with E-state index in [1.54, 1.807) is 12.7 Å². The van der Waals surface area contributed by atoms with Crippen molar-refractivity contribution >= 4 is 0 Å². The third-order valence-electron chi connectivity index (χ3n) is 7.77. The van der Waals surface area contributed by atoms with Gasteiger partial charge < -0.3 is 9.84 Å². The Balaban J connectivity index is 2.56. The van der Waals surface area contributed by atoms with Gasteiger partial charge in [-0.05, 0) is 68.3 Å². The smallest absolute Gasteiger partial charge is 0.128 e. The molecule has 0 saturated heterocycles. The summed E-state index contributed by atoms with van der Waals surface area (Å²) in [5, 5.41) is 11.2. The fourth-order valence-electron chi connectivity index (χ4n) is 6.43. The zero-order valence-electron chi connectivity index (χ0n) is 18.2. The lowest BCUT2D eigenvalue weighted by atomic mass is 9.46. The van der Waals surface area contributed by atoms with Crippen molar-refractivity contribution in [1.82, 2.24) is 0 Å². The molecule has 0 spiro atoms. The fourth-order valence-corrected chi connectivity index (χ4v) is 6.43. The molecule has 0 radical (unpaired) electrons. The number of aliphatic hydroxyl groups is 1. The van der Waals surface area contributed by atoms with Crippen molar-refractivity contribution in [2.75, 3.05) is 13.7 Å². The quantitative estimate of drug-likeness (QED) is 0.433. The van der Waals surface area contributed by atoms with E-state index in [1.807, 2.05) is 6.92 Å². The molecular weight excluding hydrogens is 332 g/mol. The number of ether oxygens (including phenoxy) is 1. The van der Waals surface area contributed by atoms with E-state index in [0.29, 0.717) is 23.7 Å². The van der Waals surface area contributed by atoms with Gasteiger partial charge in [0, 0.05) is 12.5 Å². The number of terminal acetylenes is 1. The van der Waals surface area contributed by atoms with Crippen molar-refractivity contribution in [2.24, 2.45) is 29.1 Å². The first-order chi connectivity index (χ1) is 12.8. The summed E-state index contributed by atoms with van der Waals surface area (Å²) >= 11 is 0. The maximum atomic E-state index is 11.2. The molecule has 6 atom stereocenters. The lowest BCUT2D eigenvalue weighted by molar-refractivity contribution is -0.126. The zero-order valence-corrected chi connectivity index (χ0v) is 18.2. The number of hydrogen-bond acceptors (Lipinski definition) is 2. The molecule has 2 rings (SSSR count). The second kappa shape index (κ2) is 8.97. The van der Waals surface area contributed by atoms with E-state index in [2.05, 4.69) is 39.3 Å². The van der Waals surface area contributed by atoms with E-state index in [1.165, 1.54) is 18.4 Å². The molecule has 1 N–H and O–H groups in total. The van der Waals surface area contributed by atoms with Gasteiger partial charge in [-0.2, -0.15) is 0 Å². The third-order valence-corrected chi connectivity index (χ3v) is 7.77. The van der Waals surface area contributed by atoms with E-state index in [4.69, 9.17) is 11.2 Å². The average molecular weight is 373 g/mol. The van der Waals surface area contributed by atoms with Gasteiger partial charge in [0.15, 0.2) is 0 Å². The lowest BCUT2D eigenvalue weighted by Crippen LogP contribution is -2.57. The highest BCUT2D eigenvalue weighted by Crippen LogP contribution is 2.61. The van der Waals surface area contributed by atoms with Crippen molar-refractivity contribution in [3.63, 3.8) is 0 Å². The summed E-state index contributed by atoms with van der Waals surface area (Å²) in [6.07, 6.45) is 15.5. The van der Waals surface area contributed by atoms with Crippen LogP contribution in [0.2, 0.25) is 0 Å². The Morgan fingerprint density at radius 3 is 2.67 bits per heavy atom. The largest absolute Gasteiger partial charge is 0.380 e. The Morgan fingerprint density at radius 2 is 2.15 bits per heavy atom. The standard InChI is InChI=1S/C25H40O2/c1-8-12-18-16-24(5,25(6,26)11-4)22(10-3)21-15-14-19(17-27-7)20(13-9-2)23(18)21/h4,8,18,21-23,26H,1,9-10,12-17H2,2-3,5-7H3. The molecule has 27 heavy (non-hydrogen) atoms. The topological polar surface area (TPSA) is 29.5 Å². The molecule has 0 aromatic carbocycles. The second-order valence-corrected chi connectivity index (χ2v) is 9.18. The van der Waals surface area contributed by atoms with E-state index >= 15 is 0 Å². The van der Waals surface area contributed by atoms with Gasteiger partial charge in [0.05, 0.1) is 6.61 Å². The molecule has 6 unspecified atom stereocenters. The lowest BCUT2D eigenvalue weighted by Gasteiger charge is -2.59. The summed E-state index contributed by atoms with van der Waals surface area (Å²) in [7, 11) is 1.81. The number of methoxy groups -OCH3 is 1. The van der Waals surface area contributed by atoms with Crippen molar-refractivity contribution in [1.29, 1.82) is 0 Å². The van der Waals surface area contributed by atoms with Crippen LogP contribution in [0.25, 0.3) is 0 Å². The molecule has 1 saturated carbocycles. The predicted octanol–water partition coefficient (Wildman–Crippen LogP) is 5.77. The van der Waals surface area contributed by atoms with Crippen molar-refractivity contribution < 1.29 is 9.84 Å². The van der Waals surface area contributed by atoms with Crippen LogP contribution < -0.4 is 0 Å². The summed E-state index contributed by atoms with van der Waals surface area (Å²) < 4.78 is 5.55. The summed E-state index contributed by atoms with van der Waals surface area (Å²) in [4.78, 5) is 0. The first-order valence-electron chi connectivity index (χ1n) is 10.8. The van der Waals surface area contributed by atoms with Crippen LogP contribution in [-0.4, -0.2) is 24.4 Å². The summed E-state index contributed by atoms with van der Waals surface area (Å²) in [5.74, 6) is 4.83. The Morgan fingerprint density at radius 1 is 1.44 bits per heavy atom. The molecule has 2 heteroatoms. The fraction of sp³-hybridized carbons (Fsp3) is 0.760. The first-order valence-corrected chi connectivity index (χ1v) is 10.8. The van der Waals surface area contributed by atoms with E-state index < -0.39 is 5.60 Å². The van der Waals surface area contributed by atoms with Crippen LogP contribution >= 0.6 is 0 Å². The van der Waals surface area contributed by atoms with E-state index in [-0.39, 0.29) is 5.41 Å². The van der Waals surface area contributed by atoms with Gasteiger partial charge >= 0.3 is 0 Å². The number of allylic oxidation sites excluding steroid dienone is 2. The number of rotatable bonds is 8. The highest BCUT2D eigenvalue weighted by atomic mass is 16.5. The Kier molecular flexibility index (Phi) is 7.40. The molecule has 0 bridgehead atoms. The van der Waals surface area contributed by atoms with Gasteiger partial charge in [-0.15, -0.1) is 13.0 Å². The molecular formula is C25H40O2. The average Bonchev–Trinajstić information content (AvgIpc) is 2.64. The van der Waals surface area contributed by atoms with E-state index in [0.717, 1.165) is 38.7 Å². The van der Waals surface area contributed by atoms with Crippen LogP contribution in [0.15, 0.2) is 23.8 Å². The predicted molar refractivity (Wildman–Crippen MR) is 114 cm³/mol. The maximum Gasteiger partial charge on any atom is 0.128 e. The van der Waals surface area contributed by atoms with Crippen LogP contribution in [0.1, 0.15) is 72.6 Å². The SMILES string of the molecule is C#CC(C)(O)C1(C)CC(CC=C)C2C(CCC)=C(COC)CCC2C1CC. The molecule has 2 aliphatic carbocycles. The summed E-state index contributed by atoms with van der Waals surface area (Å²) in [6, 6.07) is 0. The van der Waals surface area contributed by atoms with Gasteiger partial charge in [0.25, 0.3) is 0 Å². The van der Waals surface area contributed by atoms with E-state index in [9.17, 15) is 5.11 Å². The normalized spacial score (nSPS) is 35.9. The molecule has 0 heterocycles. The molecule has 0 aromatic heterocycles. The minimum absolute atomic E-state index is 0.262. The monoisotopic (exact) mass is 372 g/mol. The first kappa shape index (κ1) is 22.3. The van der Waals surface area contributed by atoms with Crippen LogP contribution in [0.3, 0.4) is 0 Å². The maximum absolute atomic E-state index is 11.2. The van der Waals surface area contributed by atoms with Gasteiger partial charge in [-0.3, -0.25) is 0 Å². The second-order valence-electron chi connectivity index (χ2n) is 9.18. The summed E-state index contributed by atoms with van der Waals surface area (Å²) in [6.45, 7) is 13.4. The Labute approximate surface area is 167 Å². The molecule has 0 aromatic rings. The molecule has 2 aliphatic rings.